The number of aryl methyl sites for hydroxylation is 1. The normalized spacial score (nSPS) is 14.0. The van der Waals surface area contributed by atoms with Gasteiger partial charge in [-0.3, -0.25) is 14.3 Å². The van der Waals surface area contributed by atoms with Crippen LogP contribution in [0.5, 0.6) is 0 Å². The van der Waals surface area contributed by atoms with Gasteiger partial charge in [-0.2, -0.15) is 5.10 Å². The summed E-state index contributed by atoms with van der Waals surface area (Å²) < 4.78 is 2.75. The van der Waals surface area contributed by atoms with Crippen LogP contribution in [0.15, 0.2) is 53.7 Å². The van der Waals surface area contributed by atoms with Crippen molar-refractivity contribution < 1.29 is 9.59 Å². The Kier molecular flexibility index (Phi) is 5.56. The van der Waals surface area contributed by atoms with Crippen LogP contribution in [0.25, 0.3) is 0 Å². The van der Waals surface area contributed by atoms with E-state index in [1.807, 2.05) is 42.3 Å². The number of carbonyl (C=O) groups excluding carboxylic acids is 2. The van der Waals surface area contributed by atoms with Crippen molar-refractivity contribution in [3.05, 3.63) is 64.9 Å². The van der Waals surface area contributed by atoms with Crippen molar-refractivity contribution in [2.75, 3.05) is 13.1 Å². The van der Waals surface area contributed by atoms with E-state index in [2.05, 4.69) is 27.6 Å². The molecule has 1 aliphatic heterocycles. The number of aromatic nitrogens is 2. The molecule has 3 rings (SSSR count). The second kappa shape index (κ2) is 7.86. The predicted octanol–water partition coefficient (Wildman–Crippen LogP) is 2.36. The zero-order valence-electron chi connectivity index (χ0n) is 14.6. The molecule has 0 N–H and O–H groups in total. The number of carbonyl (C=O) groups is 2. The van der Waals surface area contributed by atoms with Crippen molar-refractivity contribution in [3.8, 4) is 0 Å². The SMILES string of the molecule is C=CC(=O)N1CC(C(=O)N(Cc2cccc(Br)c2)Cc2ccnn2C)C1. The largest absolute Gasteiger partial charge is 0.337 e. The van der Waals surface area contributed by atoms with Crippen LogP contribution < -0.4 is 0 Å². The van der Waals surface area contributed by atoms with Gasteiger partial charge in [0.15, 0.2) is 0 Å². The number of hydrogen-bond acceptors (Lipinski definition) is 3. The van der Waals surface area contributed by atoms with Gasteiger partial charge in [-0.25, -0.2) is 0 Å². The van der Waals surface area contributed by atoms with E-state index in [4.69, 9.17) is 0 Å². The van der Waals surface area contributed by atoms with Gasteiger partial charge in [-0.15, -0.1) is 0 Å². The molecule has 0 spiro atoms. The van der Waals surface area contributed by atoms with Crippen LogP contribution in [0.1, 0.15) is 11.3 Å². The van der Waals surface area contributed by atoms with Crippen LogP contribution in [-0.2, 0) is 29.7 Å². The van der Waals surface area contributed by atoms with E-state index >= 15 is 0 Å². The van der Waals surface area contributed by atoms with Gasteiger partial charge >= 0.3 is 0 Å². The zero-order chi connectivity index (χ0) is 18.7. The lowest BCUT2D eigenvalue weighted by atomic mass is 9.97. The maximum absolute atomic E-state index is 13.0. The van der Waals surface area contributed by atoms with E-state index in [9.17, 15) is 9.59 Å². The van der Waals surface area contributed by atoms with Gasteiger partial charge in [0.1, 0.15) is 0 Å². The van der Waals surface area contributed by atoms with E-state index in [0.717, 1.165) is 15.7 Å². The fraction of sp³-hybridized carbons (Fsp3) is 0.316. The minimum atomic E-state index is -0.167. The summed E-state index contributed by atoms with van der Waals surface area (Å²) in [6.45, 7) is 5.38. The average molecular weight is 417 g/mol. The lowest BCUT2D eigenvalue weighted by Crippen LogP contribution is -2.55. The third-order valence-electron chi connectivity index (χ3n) is 4.57. The van der Waals surface area contributed by atoms with E-state index in [1.165, 1.54) is 6.08 Å². The van der Waals surface area contributed by atoms with Crippen LogP contribution in [0.3, 0.4) is 0 Å². The maximum atomic E-state index is 13.0. The van der Waals surface area contributed by atoms with Crippen molar-refractivity contribution in [2.24, 2.45) is 13.0 Å². The van der Waals surface area contributed by atoms with Crippen molar-refractivity contribution >= 4 is 27.7 Å². The first kappa shape index (κ1) is 18.4. The van der Waals surface area contributed by atoms with E-state index in [0.29, 0.717) is 26.2 Å². The lowest BCUT2D eigenvalue weighted by molar-refractivity contribution is -0.147. The molecule has 1 saturated heterocycles. The molecule has 136 valence electrons. The second-order valence-electron chi connectivity index (χ2n) is 6.41. The maximum Gasteiger partial charge on any atom is 0.246 e. The quantitative estimate of drug-likeness (QED) is 0.679. The molecule has 0 aliphatic carbocycles. The summed E-state index contributed by atoms with van der Waals surface area (Å²) in [5, 5.41) is 4.18. The number of likely N-dealkylation sites (tertiary alicyclic amines) is 1. The number of hydrogen-bond donors (Lipinski definition) is 0. The van der Waals surface area contributed by atoms with E-state index < -0.39 is 0 Å². The Bertz CT molecular complexity index is 826. The smallest absolute Gasteiger partial charge is 0.246 e. The Morgan fingerprint density at radius 2 is 2.12 bits per heavy atom. The van der Waals surface area contributed by atoms with Crippen LogP contribution >= 0.6 is 15.9 Å². The molecule has 1 aromatic heterocycles. The molecular weight excluding hydrogens is 396 g/mol. The number of halogens is 1. The molecular formula is C19H21BrN4O2. The average Bonchev–Trinajstić information content (AvgIpc) is 2.97. The lowest BCUT2D eigenvalue weighted by Gasteiger charge is -2.40. The number of amides is 2. The molecule has 26 heavy (non-hydrogen) atoms. The third kappa shape index (κ3) is 4.04. The van der Waals surface area contributed by atoms with Crippen LogP contribution in [0.4, 0.5) is 0 Å². The second-order valence-corrected chi connectivity index (χ2v) is 7.33. The number of rotatable bonds is 6. The molecule has 0 saturated carbocycles. The Hall–Kier alpha value is -2.41. The van der Waals surface area contributed by atoms with Crippen molar-refractivity contribution in [3.63, 3.8) is 0 Å². The first-order valence-corrected chi connectivity index (χ1v) is 9.18. The molecule has 2 heterocycles. The molecule has 6 nitrogen and oxygen atoms in total. The van der Waals surface area contributed by atoms with E-state index in [-0.39, 0.29) is 17.7 Å². The molecule has 1 aliphatic rings. The summed E-state index contributed by atoms with van der Waals surface area (Å²) in [6.07, 6.45) is 3.01. The number of benzene rings is 1. The van der Waals surface area contributed by atoms with Gasteiger partial charge in [0, 0.05) is 37.4 Å². The highest BCUT2D eigenvalue weighted by Crippen LogP contribution is 2.22. The summed E-state index contributed by atoms with van der Waals surface area (Å²) in [5.74, 6) is -0.238. The Morgan fingerprint density at radius 3 is 2.73 bits per heavy atom. The fourth-order valence-corrected chi connectivity index (χ4v) is 3.47. The molecule has 1 aromatic carbocycles. The highest BCUT2D eigenvalue weighted by Gasteiger charge is 2.37. The monoisotopic (exact) mass is 416 g/mol. The topological polar surface area (TPSA) is 58.4 Å². The summed E-state index contributed by atoms with van der Waals surface area (Å²) >= 11 is 3.48. The molecule has 7 heteroatoms. The number of nitrogens with zero attached hydrogens (tertiary/aromatic N) is 4. The van der Waals surface area contributed by atoms with Gasteiger partial charge < -0.3 is 9.80 Å². The molecule has 0 radical (unpaired) electrons. The van der Waals surface area contributed by atoms with Crippen molar-refractivity contribution in [2.45, 2.75) is 13.1 Å². The summed E-state index contributed by atoms with van der Waals surface area (Å²) in [4.78, 5) is 28.1. The molecule has 0 atom stereocenters. The Balaban J connectivity index is 1.74. The van der Waals surface area contributed by atoms with Crippen molar-refractivity contribution in [1.29, 1.82) is 0 Å². The van der Waals surface area contributed by atoms with Crippen LogP contribution in [-0.4, -0.2) is 44.5 Å². The van der Waals surface area contributed by atoms with Gasteiger partial charge in [0.2, 0.25) is 11.8 Å². The Labute approximate surface area is 161 Å². The van der Waals surface area contributed by atoms with Gasteiger partial charge in [0.05, 0.1) is 18.2 Å². The highest BCUT2D eigenvalue weighted by molar-refractivity contribution is 9.10. The highest BCUT2D eigenvalue weighted by atomic mass is 79.9. The fourth-order valence-electron chi connectivity index (χ4n) is 3.02. The Morgan fingerprint density at radius 1 is 1.35 bits per heavy atom. The summed E-state index contributed by atoms with van der Waals surface area (Å²) in [5.41, 5.74) is 2.01. The first-order valence-electron chi connectivity index (χ1n) is 8.39. The van der Waals surface area contributed by atoms with Gasteiger partial charge in [0.25, 0.3) is 0 Å². The van der Waals surface area contributed by atoms with Gasteiger partial charge in [-0.1, -0.05) is 34.6 Å². The third-order valence-corrected chi connectivity index (χ3v) is 5.06. The zero-order valence-corrected chi connectivity index (χ0v) is 16.2. The molecule has 0 unspecified atom stereocenters. The molecule has 1 fully saturated rings. The minimum absolute atomic E-state index is 0.0549. The summed E-state index contributed by atoms with van der Waals surface area (Å²) in [7, 11) is 1.87. The standard InChI is InChI=1S/C19H21BrN4O2/c1-3-18(25)23-11-15(12-23)19(26)24(13-17-7-8-21-22(17)2)10-14-5-4-6-16(20)9-14/h3-9,15H,1,10-13H2,2H3. The van der Waals surface area contributed by atoms with Crippen molar-refractivity contribution in [1.82, 2.24) is 19.6 Å². The minimum Gasteiger partial charge on any atom is -0.337 e. The van der Waals surface area contributed by atoms with Crippen LogP contribution in [0.2, 0.25) is 0 Å². The summed E-state index contributed by atoms with van der Waals surface area (Å²) in [6, 6.07) is 9.84. The molecule has 2 aromatic rings. The molecule has 0 bridgehead atoms. The van der Waals surface area contributed by atoms with E-state index in [1.54, 1.807) is 15.8 Å². The predicted molar refractivity (Wildman–Crippen MR) is 102 cm³/mol. The van der Waals surface area contributed by atoms with Gasteiger partial charge in [-0.05, 0) is 29.8 Å². The molecule has 2 amide bonds. The van der Waals surface area contributed by atoms with Crippen LogP contribution in [0, 0.1) is 5.92 Å². The first-order chi connectivity index (χ1) is 12.5.